The average Bonchev–Trinajstić information content (AvgIpc) is 3.10. The van der Waals surface area contributed by atoms with Crippen molar-refractivity contribution >= 4 is 18.5 Å². The van der Waals surface area contributed by atoms with Crippen molar-refractivity contribution in [2.45, 2.75) is 90.4 Å². The average molecular weight is 639 g/mol. The molecule has 8 nitrogen and oxygen atoms in total. The van der Waals surface area contributed by atoms with E-state index in [0.717, 1.165) is 55.9 Å². The monoisotopic (exact) mass is 638 g/mol. The van der Waals surface area contributed by atoms with Crippen LogP contribution in [-0.4, -0.2) is 58.7 Å². The second-order valence-corrected chi connectivity index (χ2v) is 12.3. The SMILES string of the molecule is CCCC1CCC(c2ccc(OC(=O)C3CCC(C=O)CC3)c(C=O)c2)CC1.CCCOCCOCCOc1ccc(OC)cc1. The summed E-state index contributed by atoms with van der Waals surface area (Å²) in [7, 11) is 1.64. The topological polar surface area (TPSA) is 97.4 Å². The second kappa shape index (κ2) is 21.5. The zero-order chi connectivity index (χ0) is 33.0. The van der Waals surface area contributed by atoms with Crippen molar-refractivity contribution in [1.29, 1.82) is 0 Å². The molecule has 0 saturated heterocycles. The fourth-order valence-corrected chi connectivity index (χ4v) is 6.24. The van der Waals surface area contributed by atoms with E-state index in [9.17, 15) is 14.4 Å². The van der Waals surface area contributed by atoms with E-state index in [0.29, 0.717) is 56.5 Å². The zero-order valence-corrected chi connectivity index (χ0v) is 28.1. The number of benzene rings is 2. The standard InChI is InChI=1S/C24H32O4.C14H22O4/c1-2-3-17-4-8-19(9-5-17)21-12-13-23(22(14-21)16-26)28-24(27)20-10-6-18(15-25)7-11-20;1-3-8-16-9-10-17-11-12-18-14-6-4-13(15-2)5-7-14/h12-20H,2-11H2,1H3;4-7H,3,8-12H2,1-2H3. The Kier molecular flexibility index (Phi) is 17.4. The molecule has 46 heavy (non-hydrogen) atoms. The number of methoxy groups -OCH3 is 1. The first-order valence-corrected chi connectivity index (χ1v) is 17.2. The van der Waals surface area contributed by atoms with E-state index < -0.39 is 0 Å². The maximum Gasteiger partial charge on any atom is 0.314 e. The van der Waals surface area contributed by atoms with Crippen molar-refractivity contribution in [2.75, 3.05) is 40.1 Å². The van der Waals surface area contributed by atoms with E-state index in [1.165, 1.54) is 44.1 Å². The highest BCUT2D eigenvalue weighted by Gasteiger charge is 2.28. The van der Waals surface area contributed by atoms with Gasteiger partial charge < -0.3 is 28.5 Å². The van der Waals surface area contributed by atoms with Crippen molar-refractivity contribution in [3.8, 4) is 17.2 Å². The lowest BCUT2D eigenvalue weighted by atomic mass is 9.77. The van der Waals surface area contributed by atoms with Crippen LogP contribution in [0.3, 0.4) is 0 Å². The van der Waals surface area contributed by atoms with Crippen LogP contribution in [0, 0.1) is 17.8 Å². The van der Waals surface area contributed by atoms with Crippen molar-refractivity contribution < 1.29 is 38.1 Å². The number of rotatable bonds is 17. The molecule has 0 bridgehead atoms. The van der Waals surface area contributed by atoms with E-state index >= 15 is 0 Å². The Morgan fingerprint density at radius 3 is 2.02 bits per heavy atom. The molecule has 2 aliphatic rings. The smallest absolute Gasteiger partial charge is 0.314 e. The number of esters is 1. The summed E-state index contributed by atoms with van der Waals surface area (Å²) in [6, 6.07) is 13.2. The molecule has 2 aliphatic carbocycles. The van der Waals surface area contributed by atoms with Crippen LogP contribution in [0.4, 0.5) is 0 Å². The largest absolute Gasteiger partial charge is 0.497 e. The normalized spacial score (nSPS) is 20.9. The van der Waals surface area contributed by atoms with Crippen molar-refractivity contribution in [1.82, 2.24) is 0 Å². The van der Waals surface area contributed by atoms with Gasteiger partial charge in [0.15, 0.2) is 6.29 Å². The Bertz CT molecular complexity index is 1150. The van der Waals surface area contributed by atoms with Crippen LogP contribution < -0.4 is 14.2 Å². The summed E-state index contributed by atoms with van der Waals surface area (Å²) in [6.07, 6.45) is 13.1. The predicted molar refractivity (Wildman–Crippen MR) is 179 cm³/mol. The van der Waals surface area contributed by atoms with Crippen molar-refractivity contribution in [3.63, 3.8) is 0 Å². The van der Waals surface area contributed by atoms with Crippen LogP contribution in [0.15, 0.2) is 42.5 Å². The van der Waals surface area contributed by atoms with Gasteiger partial charge in [-0.2, -0.15) is 0 Å². The second-order valence-electron chi connectivity index (χ2n) is 12.3. The summed E-state index contributed by atoms with van der Waals surface area (Å²) in [5.41, 5.74) is 1.64. The van der Waals surface area contributed by atoms with Crippen LogP contribution in [0.5, 0.6) is 17.2 Å². The molecule has 2 aromatic carbocycles. The summed E-state index contributed by atoms with van der Waals surface area (Å²) >= 11 is 0. The van der Waals surface area contributed by atoms with Crippen molar-refractivity contribution in [2.24, 2.45) is 17.8 Å². The number of carbonyl (C=O) groups excluding carboxylic acids is 3. The first-order valence-electron chi connectivity index (χ1n) is 17.2. The molecule has 2 fully saturated rings. The maximum absolute atomic E-state index is 12.5. The predicted octanol–water partition coefficient (Wildman–Crippen LogP) is 8.00. The molecule has 0 spiro atoms. The Morgan fingerprint density at radius 2 is 1.41 bits per heavy atom. The molecule has 0 amide bonds. The number of ether oxygens (including phenoxy) is 5. The van der Waals surface area contributed by atoms with Gasteiger partial charge in [-0.25, -0.2) is 0 Å². The van der Waals surface area contributed by atoms with Crippen LogP contribution in [0.2, 0.25) is 0 Å². The minimum Gasteiger partial charge on any atom is -0.497 e. The Morgan fingerprint density at radius 1 is 0.761 bits per heavy atom. The van der Waals surface area contributed by atoms with Gasteiger partial charge in [-0.05, 0) is 112 Å². The third kappa shape index (κ3) is 12.9. The van der Waals surface area contributed by atoms with Gasteiger partial charge in [-0.3, -0.25) is 9.59 Å². The van der Waals surface area contributed by atoms with Gasteiger partial charge in [0.25, 0.3) is 0 Å². The van der Waals surface area contributed by atoms with Crippen LogP contribution in [-0.2, 0) is 19.1 Å². The molecule has 0 atom stereocenters. The summed E-state index contributed by atoms with van der Waals surface area (Å²) in [6.45, 7) is 7.51. The van der Waals surface area contributed by atoms with Gasteiger partial charge in [-0.15, -0.1) is 0 Å². The van der Waals surface area contributed by atoms with Gasteiger partial charge in [0.05, 0.1) is 38.4 Å². The first kappa shape index (κ1) is 37.2. The molecule has 4 rings (SSSR count). The highest BCUT2D eigenvalue weighted by Crippen LogP contribution is 2.39. The fraction of sp³-hybridized carbons (Fsp3) is 0.605. The molecule has 254 valence electrons. The summed E-state index contributed by atoms with van der Waals surface area (Å²) in [5, 5.41) is 0. The highest BCUT2D eigenvalue weighted by molar-refractivity contribution is 5.83. The maximum atomic E-state index is 12.5. The molecule has 0 aliphatic heterocycles. The van der Waals surface area contributed by atoms with E-state index in [-0.39, 0.29) is 17.8 Å². The van der Waals surface area contributed by atoms with E-state index in [1.807, 2.05) is 36.4 Å². The summed E-state index contributed by atoms with van der Waals surface area (Å²) < 4.78 is 26.8. The lowest BCUT2D eigenvalue weighted by Crippen LogP contribution is -2.26. The zero-order valence-electron chi connectivity index (χ0n) is 28.1. The Labute approximate surface area is 275 Å². The minimum absolute atomic E-state index is 0.0706. The molecular weight excluding hydrogens is 584 g/mol. The summed E-state index contributed by atoms with van der Waals surface area (Å²) in [4.78, 5) is 35.0. The number of hydrogen-bond donors (Lipinski definition) is 0. The molecule has 0 heterocycles. The fourth-order valence-electron chi connectivity index (χ4n) is 6.24. The molecule has 0 aromatic heterocycles. The quantitative estimate of drug-likeness (QED) is 0.0744. The number of carbonyl (C=O) groups is 3. The van der Waals surface area contributed by atoms with Gasteiger partial charge in [0.1, 0.15) is 30.1 Å². The number of aldehydes is 2. The highest BCUT2D eigenvalue weighted by atomic mass is 16.5. The van der Waals surface area contributed by atoms with Gasteiger partial charge in [0.2, 0.25) is 0 Å². The van der Waals surface area contributed by atoms with E-state index in [2.05, 4.69) is 13.8 Å². The lowest BCUT2D eigenvalue weighted by Gasteiger charge is -2.29. The molecule has 0 radical (unpaired) electrons. The summed E-state index contributed by atoms with van der Waals surface area (Å²) in [5.74, 6) is 2.97. The number of hydrogen-bond acceptors (Lipinski definition) is 8. The van der Waals surface area contributed by atoms with Crippen molar-refractivity contribution in [3.05, 3.63) is 53.6 Å². The van der Waals surface area contributed by atoms with E-state index in [4.69, 9.17) is 23.7 Å². The molecule has 0 unspecified atom stereocenters. The Hall–Kier alpha value is -3.23. The van der Waals surface area contributed by atoms with Gasteiger partial charge >= 0.3 is 5.97 Å². The first-order chi connectivity index (χ1) is 22.5. The molecule has 0 N–H and O–H groups in total. The Balaban J connectivity index is 0.000000277. The van der Waals surface area contributed by atoms with Crippen LogP contribution in [0.25, 0.3) is 0 Å². The van der Waals surface area contributed by atoms with Gasteiger partial charge in [0, 0.05) is 12.5 Å². The van der Waals surface area contributed by atoms with Gasteiger partial charge in [-0.1, -0.05) is 32.8 Å². The molecule has 2 saturated carbocycles. The third-order valence-electron chi connectivity index (χ3n) is 8.96. The third-order valence-corrected chi connectivity index (χ3v) is 8.96. The molecular formula is C38H54O8. The lowest BCUT2D eigenvalue weighted by molar-refractivity contribution is -0.140. The van der Waals surface area contributed by atoms with Crippen LogP contribution in [0.1, 0.15) is 106 Å². The van der Waals surface area contributed by atoms with E-state index in [1.54, 1.807) is 13.2 Å². The van der Waals surface area contributed by atoms with Crippen LogP contribution >= 0.6 is 0 Å². The molecule has 2 aromatic rings. The molecule has 8 heteroatoms. The minimum atomic E-state index is -0.278.